The van der Waals surface area contributed by atoms with E-state index in [1.807, 2.05) is 6.92 Å². The van der Waals surface area contributed by atoms with Crippen LogP contribution in [0.2, 0.25) is 0 Å². The lowest BCUT2D eigenvalue weighted by molar-refractivity contribution is -0.143. The summed E-state index contributed by atoms with van der Waals surface area (Å²) in [5.74, 6) is 0.631. The SMILES string of the molecule is CNC(=O)C(C)(COC)C(CCCN(C)CC[C@]1(O)C[C@@H]2CC[C@H]1C(c1ccccc1)=C2C)OC. The molecular formula is C29H46N2O4. The summed E-state index contributed by atoms with van der Waals surface area (Å²) in [6.45, 7) is 6.23. The van der Waals surface area contributed by atoms with Gasteiger partial charge in [-0.25, -0.2) is 0 Å². The third kappa shape index (κ3) is 5.99. The molecule has 1 amide bonds. The lowest BCUT2D eigenvalue weighted by Gasteiger charge is -2.51. The van der Waals surface area contributed by atoms with Crippen LogP contribution in [0.3, 0.4) is 0 Å². The van der Waals surface area contributed by atoms with Gasteiger partial charge in [0.1, 0.15) is 0 Å². The summed E-state index contributed by atoms with van der Waals surface area (Å²) in [6, 6.07) is 10.6. The standard InChI is InChI=1S/C29H46N2O4/c1-21-23-14-15-24(26(21)22-11-8-7-9-12-22)29(33,19-23)16-18-31(4)17-10-13-25(35-6)28(2,20-34-5)27(32)30-3/h7-9,11-12,23-25,33H,10,13-20H2,1-6H3,(H,30,32)/t23-,24-,25?,28?,29-/m0/s1. The number of amides is 1. The van der Waals surface area contributed by atoms with E-state index in [1.165, 1.54) is 23.1 Å². The Kier molecular flexibility index (Phi) is 9.55. The first kappa shape index (κ1) is 27.9. The maximum Gasteiger partial charge on any atom is 0.230 e. The van der Waals surface area contributed by atoms with Crippen molar-refractivity contribution >= 4 is 11.5 Å². The average Bonchev–Trinajstić information content (AvgIpc) is 2.86. The highest BCUT2D eigenvalue weighted by molar-refractivity contribution is 5.82. The maximum absolute atomic E-state index is 12.5. The van der Waals surface area contributed by atoms with E-state index < -0.39 is 11.0 Å². The Morgan fingerprint density at radius 1 is 1.26 bits per heavy atom. The van der Waals surface area contributed by atoms with Gasteiger partial charge in [-0.05, 0) is 83.0 Å². The van der Waals surface area contributed by atoms with Gasteiger partial charge in [-0.3, -0.25) is 4.79 Å². The van der Waals surface area contributed by atoms with Crippen LogP contribution in [0.25, 0.3) is 5.57 Å². The smallest absolute Gasteiger partial charge is 0.230 e. The number of nitrogens with zero attached hydrogens (tertiary/aromatic N) is 1. The van der Waals surface area contributed by atoms with E-state index in [1.54, 1.807) is 21.3 Å². The Balaban J connectivity index is 1.57. The summed E-state index contributed by atoms with van der Waals surface area (Å²) in [7, 11) is 7.06. The molecule has 0 radical (unpaired) electrons. The molecule has 0 aliphatic heterocycles. The number of rotatable bonds is 13. The molecule has 6 heteroatoms. The minimum absolute atomic E-state index is 0.0632. The van der Waals surface area contributed by atoms with Crippen LogP contribution in [0.1, 0.15) is 57.9 Å². The highest BCUT2D eigenvalue weighted by atomic mass is 16.5. The van der Waals surface area contributed by atoms with Crippen LogP contribution in [-0.2, 0) is 14.3 Å². The molecule has 0 aromatic heterocycles. The fraction of sp³-hybridized carbons (Fsp3) is 0.690. The molecular weight excluding hydrogens is 440 g/mol. The first-order valence-electron chi connectivity index (χ1n) is 13.1. The van der Waals surface area contributed by atoms with Crippen molar-refractivity contribution in [1.82, 2.24) is 10.2 Å². The maximum atomic E-state index is 12.5. The van der Waals surface area contributed by atoms with Gasteiger partial charge >= 0.3 is 0 Å². The van der Waals surface area contributed by atoms with Crippen molar-refractivity contribution in [3.63, 3.8) is 0 Å². The van der Waals surface area contributed by atoms with Crippen molar-refractivity contribution in [3.05, 3.63) is 41.5 Å². The summed E-state index contributed by atoms with van der Waals surface area (Å²) in [5, 5.41) is 14.6. The summed E-state index contributed by atoms with van der Waals surface area (Å²) in [6.07, 6.45) is 5.36. The molecule has 196 valence electrons. The molecule has 1 aromatic carbocycles. The zero-order valence-electron chi connectivity index (χ0n) is 22.6. The topological polar surface area (TPSA) is 71.0 Å². The van der Waals surface area contributed by atoms with Gasteiger partial charge in [0, 0.05) is 33.7 Å². The highest BCUT2D eigenvalue weighted by Crippen LogP contribution is 2.54. The van der Waals surface area contributed by atoms with Gasteiger partial charge in [0.15, 0.2) is 0 Å². The first-order chi connectivity index (χ1) is 16.7. The van der Waals surface area contributed by atoms with Crippen molar-refractivity contribution in [2.24, 2.45) is 17.3 Å². The third-order valence-electron chi connectivity index (χ3n) is 8.64. The second-order valence-electron chi connectivity index (χ2n) is 10.9. The van der Waals surface area contributed by atoms with Gasteiger partial charge in [-0.1, -0.05) is 35.9 Å². The zero-order chi connectivity index (χ0) is 25.6. The Hall–Kier alpha value is -1.73. The van der Waals surface area contributed by atoms with Gasteiger partial charge in [-0.15, -0.1) is 0 Å². The molecule has 35 heavy (non-hydrogen) atoms. The minimum atomic E-state index is -0.731. The number of fused-ring (bicyclic) bond motifs is 2. The number of allylic oxidation sites excluding steroid dienone is 1. The Labute approximate surface area is 212 Å². The van der Waals surface area contributed by atoms with Crippen molar-refractivity contribution in [2.45, 2.75) is 64.1 Å². The number of aliphatic hydroxyl groups is 1. The lowest BCUT2D eigenvalue weighted by atomic mass is 9.57. The fourth-order valence-electron chi connectivity index (χ4n) is 6.54. The monoisotopic (exact) mass is 486 g/mol. The van der Waals surface area contributed by atoms with E-state index in [4.69, 9.17) is 9.47 Å². The van der Waals surface area contributed by atoms with Gasteiger partial charge in [0.05, 0.1) is 23.7 Å². The van der Waals surface area contributed by atoms with Crippen LogP contribution in [0.5, 0.6) is 0 Å². The van der Waals surface area contributed by atoms with Crippen molar-refractivity contribution < 1.29 is 19.4 Å². The molecule has 3 aliphatic rings. The molecule has 2 bridgehead atoms. The van der Waals surface area contributed by atoms with E-state index in [2.05, 4.69) is 54.5 Å². The van der Waals surface area contributed by atoms with Crippen molar-refractivity contribution in [1.29, 1.82) is 0 Å². The number of nitrogens with one attached hydrogen (secondary N) is 1. The van der Waals surface area contributed by atoms with Crippen molar-refractivity contribution in [2.75, 3.05) is 48.0 Å². The van der Waals surface area contributed by atoms with Crippen LogP contribution in [0, 0.1) is 17.3 Å². The number of carbonyl (C=O) groups excluding carboxylic acids is 1. The Morgan fingerprint density at radius 2 is 1.97 bits per heavy atom. The predicted octanol–water partition coefficient (Wildman–Crippen LogP) is 4.14. The summed E-state index contributed by atoms with van der Waals surface area (Å²) in [5.41, 5.74) is 2.75. The second-order valence-corrected chi connectivity index (χ2v) is 10.9. The first-order valence-corrected chi connectivity index (χ1v) is 13.1. The van der Waals surface area contributed by atoms with Crippen LogP contribution < -0.4 is 5.32 Å². The van der Waals surface area contributed by atoms with Crippen LogP contribution >= 0.6 is 0 Å². The molecule has 5 atom stereocenters. The van der Waals surface area contributed by atoms with E-state index in [9.17, 15) is 9.90 Å². The number of methoxy groups -OCH3 is 2. The molecule has 0 heterocycles. The summed E-state index contributed by atoms with van der Waals surface area (Å²) in [4.78, 5) is 14.8. The predicted molar refractivity (Wildman–Crippen MR) is 141 cm³/mol. The average molecular weight is 487 g/mol. The second kappa shape index (κ2) is 12.0. The number of carbonyl (C=O) groups is 1. The molecule has 3 aliphatic carbocycles. The Bertz CT molecular complexity index is 873. The molecule has 1 aromatic rings. The highest BCUT2D eigenvalue weighted by Gasteiger charge is 2.49. The van der Waals surface area contributed by atoms with Gasteiger partial charge < -0.3 is 24.8 Å². The number of hydrogen-bond acceptors (Lipinski definition) is 5. The molecule has 2 N–H and O–H groups in total. The van der Waals surface area contributed by atoms with E-state index in [-0.39, 0.29) is 17.9 Å². The van der Waals surface area contributed by atoms with E-state index in [0.29, 0.717) is 12.5 Å². The van der Waals surface area contributed by atoms with Crippen LogP contribution in [-0.4, -0.2) is 75.6 Å². The normalized spacial score (nSPS) is 26.6. The van der Waals surface area contributed by atoms with E-state index in [0.717, 1.165) is 45.2 Å². The summed E-state index contributed by atoms with van der Waals surface area (Å²) < 4.78 is 11.1. The fourth-order valence-corrected chi connectivity index (χ4v) is 6.54. The molecule has 6 nitrogen and oxygen atoms in total. The molecule has 1 fully saturated rings. The molecule has 0 spiro atoms. The summed E-state index contributed by atoms with van der Waals surface area (Å²) >= 11 is 0. The van der Waals surface area contributed by atoms with Crippen LogP contribution in [0.4, 0.5) is 0 Å². The zero-order valence-corrected chi connectivity index (χ0v) is 22.6. The number of hydrogen-bond donors (Lipinski definition) is 2. The van der Waals surface area contributed by atoms with Gasteiger partial charge in [0.25, 0.3) is 0 Å². The van der Waals surface area contributed by atoms with Gasteiger partial charge in [0.2, 0.25) is 5.91 Å². The molecule has 4 rings (SSSR count). The quantitative estimate of drug-likeness (QED) is 0.439. The van der Waals surface area contributed by atoms with Crippen LogP contribution in [0.15, 0.2) is 35.9 Å². The largest absolute Gasteiger partial charge is 0.389 e. The molecule has 0 saturated heterocycles. The number of ether oxygens (including phenoxy) is 2. The molecule has 2 unspecified atom stereocenters. The minimum Gasteiger partial charge on any atom is -0.389 e. The third-order valence-corrected chi connectivity index (χ3v) is 8.64. The van der Waals surface area contributed by atoms with Crippen molar-refractivity contribution in [3.8, 4) is 0 Å². The number of benzene rings is 1. The van der Waals surface area contributed by atoms with E-state index >= 15 is 0 Å². The molecule has 1 saturated carbocycles. The van der Waals surface area contributed by atoms with Gasteiger partial charge in [-0.2, -0.15) is 0 Å². The Morgan fingerprint density at radius 3 is 2.60 bits per heavy atom. The lowest BCUT2D eigenvalue weighted by Crippen LogP contribution is -2.50.